The maximum absolute atomic E-state index is 12.1. The summed E-state index contributed by atoms with van der Waals surface area (Å²) in [5.41, 5.74) is -0.192. The fourth-order valence-corrected chi connectivity index (χ4v) is 2.72. The van der Waals surface area contributed by atoms with Gasteiger partial charge in [-0.3, -0.25) is 4.79 Å². The molecule has 0 amide bonds. The smallest absolute Gasteiger partial charge is 0.316 e. The van der Waals surface area contributed by atoms with Gasteiger partial charge < -0.3 is 14.7 Å². The Morgan fingerprint density at radius 2 is 1.89 bits per heavy atom. The van der Waals surface area contributed by atoms with Gasteiger partial charge in [-0.25, -0.2) is 0 Å². The van der Waals surface area contributed by atoms with Crippen molar-refractivity contribution in [2.75, 3.05) is 27.2 Å². The first-order valence-electron chi connectivity index (χ1n) is 6.60. The van der Waals surface area contributed by atoms with Gasteiger partial charge in [0.25, 0.3) is 0 Å². The van der Waals surface area contributed by atoms with Crippen LogP contribution in [0.15, 0.2) is 30.3 Å². The Bertz CT molecular complexity index is 424. The summed E-state index contributed by atoms with van der Waals surface area (Å²) in [6.45, 7) is 1.58. The molecule has 0 bridgehead atoms. The van der Waals surface area contributed by atoms with Gasteiger partial charge in [0, 0.05) is 13.1 Å². The molecule has 1 atom stereocenters. The molecule has 19 heavy (non-hydrogen) atoms. The second-order valence-corrected chi connectivity index (χ2v) is 5.27. The normalized spacial score (nSPS) is 20.8. The molecule has 1 saturated heterocycles. The number of carbonyl (C=O) groups excluding carboxylic acids is 1. The number of methoxy groups -OCH3 is 1. The molecule has 1 aromatic carbocycles. The Morgan fingerprint density at radius 1 is 1.32 bits per heavy atom. The largest absolute Gasteiger partial charge is 0.468 e. The molecule has 4 heteroatoms. The van der Waals surface area contributed by atoms with Gasteiger partial charge in [0.05, 0.1) is 12.7 Å². The number of hydrogen-bond donors (Lipinski definition) is 1. The molecule has 4 nitrogen and oxygen atoms in total. The number of benzene rings is 1. The molecule has 1 heterocycles. The van der Waals surface area contributed by atoms with E-state index in [4.69, 9.17) is 4.74 Å². The molecule has 104 valence electrons. The fourth-order valence-electron chi connectivity index (χ4n) is 2.72. The Balaban J connectivity index is 2.30. The summed E-state index contributed by atoms with van der Waals surface area (Å²) < 4.78 is 4.90. The summed E-state index contributed by atoms with van der Waals surface area (Å²) >= 11 is 0. The van der Waals surface area contributed by atoms with Crippen LogP contribution in [0.5, 0.6) is 0 Å². The van der Waals surface area contributed by atoms with E-state index in [0.717, 1.165) is 18.7 Å². The molecule has 1 aliphatic heterocycles. The number of aliphatic hydroxyl groups is 1. The average Bonchev–Trinajstić information content (AvgIpc) is 2.43. The number of piperidine rings is 1. The second-order valence-electron chi connectivity index (χ2n) is 5.27. The van der Waals surface area contributed by atoms with Crippen LogP contribution in [0.2, 0.25) is 0 Å². The molecule has 1 fully saturated rings. The summed E-state index contributed by atoms with van der Waals surface area (Å²) in [5, 5.41) is 10.9. The SMILES string of the molecule is COC(=O)[C@@H](c1ccccc1)C1(O)CCN(C)CC1. The van der Waals surface area contributed by atoms with Crippen molar-refractivity contribution in [2.45, 2.75) is 24.4 Å². The quantitative estimate of drug-likeness (QED) is 0.838. The van der Waals surface area contributed by atoms with Gasteiger partial charge in [0.1, 0.15) is 5.92 Å². The van der Waals surface area contributed by atoms with Crippen molar-refractivity contribution in [1.82, 2.24) is 4.90 Å². The summed E-state index contributed by atoms with van der Waals surface area (Å²) in [7, 11) is 3.39. The lowest BCUT2D eigenvalue weighted by Gasteiger charge is -2.40. The predicted molar refractivity (Wildman–Crippen MR) is 72.9 cm³/mol. The third-order valence-electron chi connectivity index (χ3n) is 3.96. The van der Waals surface area contributed by atoms with Gasteiger partial charge in [-0.15, -0.1) is 0 Å². The molecule has 1 aromatic rings. The highest BCUT2D eigenvalue weighted by atomic mass is 16.5. The summed E-state index contributed by atoms with van der Waals surface area (Å²) in [5.74, 6) is -0.967. The zero-order valence-corrected chi connectivity index (χ0v) is 11.5. The highest BCUT2D eigenvalue weighted by Crippen LogP contribution is 2.37. The van der Waals surface area contributed by atoms with Crippen LogP contribution in [-0.2, 0) is 9.53 Å². The molecular formula is C15H21NO3. The first-order valence-corrected chi connectivity index (χ1v) is 6.60. The molecule has 0 spiro atoms. The Kier molecular flexibility index (Phi) is 4.22. The van der Waals surface area contributed by atoms with Crippen LogP contribution in [0.4, 0.5) is 0 Å². The number of esters is 1. The van der Waals surface area contributed by atoms with Gasteiger partial charge in [0.2, 0.25) is 0 Å². The summed E-state index contributed by atoms with van der Waals surface area (Å²) in [4.78, 5) is 14.3. The minimum atomic E-state index is -1.01. The van der Waals surface area contributed by atoms with E-state index in [0.29, 0.717) is 12.8 Å². The minimum absolute atomic E-state index is 0.363. The number of rotatable bonds is 3. The van der Waals surface area contributed by atoms with Crippen LogP contribution in [0.25, 0.3) is 0 Å². The highest BCUT2D eigenvalue weighted by Gasteiger charge is 2.44. The third kappa shape index (κ3) is 2.96. The highest BCUT2D eigenvalue weighted by molar-refractivity contribution is 5.79. The number of hydrogen-bond acceptors (Lipinski definition) is 4. The molecule has 1 N–H and O–H groups in total. The zero-order valence-electron chi connectivity index (χ0n) is 11.5. The van der Waals surface area contributed by atoms with E-state index in [9.17, 15) is 9.90 Å². The lowest BCUT2D eigenvalue weighted by atomic mass is 9.76. The van der Waals surface area contributed by atoms with Gasteiger partial charge in [-0.1, -0.05) is 30.3 Å². The summed E-state index contributed by atoms with van der Waals surface area (Å²) in [6.07, 6.45) is 1.16. The van der Waals surface area contributed by atoms with Gasteiger partial charge >= 0.3 is 5.97 Å². The van der Waals surface area contributed by atoms with Crippen LogP contribution in [-0.4, -0.2) is 48.8 Å². The number of carbonyl (C=O) groups is 1. The molecule has 0 aliphatic carbocycles. The van der Waals surface area contributed by atoms with Crippen molar-refractivity contribution in [1.29, 1.82) is 0 Å². The molecule has 0 aromatic heterocycles. The van der Waals surface area contributed by atoms with Crippen LogP contribution < -0.4 is 0 Å². The van der Waals surface area contributed by atoms with Gasteiger partial charge in [0.15, 0.2) is 0 Å². The summed E-state index contributed by atoms with van der Waals surface area (Å²) in [6, 6.07) is 9.40. The van der Waals surface area contributed by atoms with Crippen LogP contribution >= 0.6 is 0 Å². The standard InChI is InChI=1S/C15H21NO3/c1-16-10-8-15(18,9-11-16)13(14(17)19-2)12-6-4-3-5-7-12/h3-7,13,18H,8-11H2,1-2H3/t13-/m1/s1. The minimum Gasteiger partial charge on any atom is -0.468 e. The molecule has 0 saturated carbocycles. The van der Waals surface area contributed by atoms with E-state index in [1.165, 1.54) is 7.11 Å². The van der Waals surface area contributed by atoms with Crippen LogP contribution in [0.1, 0.15) is 24.3 Å². The van der Waals surface area contributed by atoms with Crippen molar-refractivity contribution in [2.24, 2.45) is 0 Å². The van der Waals surface area contributed by atoms with Gasteiger partial charge in [-0.2, -0.15) is 0 Å². The maximum atomic E-state index is 12.1. The monoisotopic (exact) mass is 263 g/mol. The maximum Gasteiger partial charge on any atom is 0.316 e. The molecule has 1 aliphatic rings. The number of ether oxygens (including phenoxy) is 1. The molecular weight excluding hydrogens is 242 g/mol. The number of likely N-dealkylation sites (tertiary alicyclic amines) is 1. The van der Waals surface area contributed by atoms with E-state index in [-0.39, 0.29) is 5.97 Å². The lowest BCUT2D eigenvalue weighted by Crippen LogP contribution is -2.49. The van der Waals surface area contributed by atoms with E-state index in [1.54, 1.807) is 0 Å². The Hall–Kier alpha value is -1.39. The van der Waals surface area contributed by atoms with Crippen molar-refractivity contribution < 1.29 is 14.6 Å². The topological polar surface area (TPSA) is 49.8 Å². The van der Waals surface area contributed by atoms with E-state index in [2.05, 4.69) is 4.90 Å². The van der Waals surface area contributed by atoms with Crippen molar-refractivity contribution in [3.05, 3.63) is 35.9 Å². The van der Waals surface area contributed by atoms with Gasteiger partial charge in [-0.05, 0) is 25.5 Å². The van der Waals surface area contributed by atoms with Crippen molar-refractivity contribution >= 4 is 5.97 Å². The lowest BCUT2D eigenvalue weighted by molar-refractivity contribution is -0.152. The molecule has 0 radical (unpaired) electrons. The molecule has 2 rings (SSSR count). The third-order valence-corrected chi connectivity index (χ3v) is 3.96. The average molecular weight is 263 g/mol. The molecule has 0 unspecified atom stereocenters. The van der Waals surface area contributed by atoms with E-state index in [1.807, 2.05) is 37.4 Å². The Morgan fingerprint density at radius 3 is 2.42 bits per heavy atom. The first-order chi connectivity index (χ1) is 9.07. The van der Waals surface area contributed by atoms with E-state index >= 15 is 0 Å². The zero-order chi connectivity index (χ0) is 13.9. The van der Waals surface area contributed by atoms with Crippen molar-refractivity contribution in [3.8, 4) is 0 Å². The van der Waals surface area contributed by atoms with Crippen LogP contribution in [0.3, 0.4) is 0 Å². The fraction of sp³-hybridized carbons (Fsp3) is 0.533. The Labute approximate surface area is 114 Å². The number of nitrogens with zero attached hydrogens (tertiary/aromatic N) is 1. The van der Waals surface area contributed by atoms with Crippen LogP contribution in [0, 0.1) is 0 Å². The first kappa shape index (κ1) is 14.0. The van der Waals surface area contributed by atoms with Crippen molar-refractivity contribution in [3.63, 3.8) is 0 Å². The second kappa shape index (κ2) is 5.72. The van der Waals surface area contributed by atoms with E-state index < -0.39 is 11.5 Å². The predicted octanol–water partition coefficient (Wildman–Crippen LogP) is 1.40.